The number of carboxylic acids is 1. The van der Waals surface area contributed by atoms with Gasteiger partial charge in [0.1, 0.15) is 0 Å². The van der Waals surface area contributed by atoms with Crippen molar-refractivity contribution in [1.82, 2.24) is 5.32 Å². The van der Waals surface area contributed by atoms with E-state index >= 15 is 0 Å². The number of nitrogens with one attached hydrogen (secondary N) is 1. The van der Waals surface area contributed by atoms with Gasteiger partial charge in [0.15, 0.2) is 6.10 Å². The molecule has 0 fully saturated rings. The summed E-state index contributed by atoms with van der Waals surface area (Å²) < 4.78 is 0. The minimum absolute atomic E-state index is 0.0480. The Morgan fingerprint density at radius 3 is 2.68 bits per heavy atom. The Labute approximate surface area is 123 Å². The zero-order valence-electron chi connectivity index (χ0n) is 9.60. The molecular weight excluding hydrogens is 313 g/mol. The van der Waals surface area contributed by atoms with Crippen LogP contribution in [0.5, 0.6) is 0 Å². The molecule has 0 saturated heterocycles. The fraction of sp³-hybridized carbons (Fsp3) is 0.273. The summed E-state index contributed by atoms with van der Waals surface area (Å²) in [7, 11) is 0. The molecule has 19 heavy (non-hydrogen) atoms. The van der Waals surface area contributed by atoms with Gasteiger partial charge < -0.3 is 15.5 Å². The number of aliphatic hydroxyl groups excluding tert-OH is 1. The molecule has 0 saturated carbocycles. The second-order valence-electron chi connectivity index (χ2n) is 3.52. The van der Waals surface area contributed by atoms with Crippen LogP contribution in [0.15, 0.2) is 23.1 Å². The van der Waals surface area contributed by atoms with E-state index in [4.69, 9.17) is 33.4 Å². The van der Waals surface area contributed by atoms with Crippen LogP contribution in [0.25, 0.3) is 0 Å². The quantitative estimate of drug-likeness (QED) is 0.693. The van der Waals surface area contributed by atoms with Crippen molar-refractivity contribution in [3.63, 3.8) is 0 Å². The molecule has 0 aromatic heterocycles. The maximum absolute atomic E-state index is 11.4. The van der Waals surface area contributed by atoms with Gasteiger partial charge in [-0.2, -0.15) is 0 Å². The fourth-order valence-corrected chi connectivity index (χ4v) is 2.40. The van der Waals surface area contributed by atoms with Crippen LogP contribution < -0.4 is 5.32 Å². The van der Waals surface area contributed by atoms with Crippen molar-refractivity contribution in [3.8, 4) is 0 Å². The van der Waals surface area contributed by atoms with Crippen LogP contribution in [0, 0.1) is 0 Å². The fourth-order valence-electron chi connectivity index (χ4n) is 1.08. The molecule has 104 valence electrons. The monoisotopic (exact) mass is 323 g/mol. The van der Waals surface area contributed by atoms with Gasteiger partial charge in [-0.25, -0.2) is 4.79 Å². The first-order valence-electron chi connectivity index (χ1n) is 5.15. The first-order valence-corrected chi connectivity index (χ1v) is 6.89. The number of hydrogen-bond donors (Lipinski definition) is 3. The van der Waals surface area contributed by atoms with Gasteiger partial charge in [-0.1, -0.05) is 23.2 Å². The van der Waals surface area contributed by atoms with E-state index < -0.39 is 18.0 Å². The number of carbonyl (C=O) groups is 2. The minimum Gasteiger partial charge on any atom is -0.479 e. The van der Waals surface area contributed by atoms with Crippen LogP contribution in [0.4, 0.5) is 0 Å². The van der Waals surface area contributed by atoms with E-state index in [2.05, 4.69) is 5.32 Å². The summed E-state index contributed by atoms with van der Waals surface area (Å²) >= 11 is 12.9. The number of carboxylic acid groups (broad SMARTS) is 1. The Kier molecular flexibility index (Phi) is 6.44. The summed E-state index contributed by atoms with van der Waals surface area (Å²) in [6.07, 6.45) is -1.61. The topological polar surface area (TPSA) is 86.6 Å². The lowest BCUT2D eigenvalue weighted by atomic mass is 10.3. The smallest absolute Gasteiger partial charge is 0.334 e. The summed E-state index contributed by atoms with van der Waals surface area (Å²) in [5.74, 6) is -1.74. The second kappa shape index (κ2) is 7.59. The average Bonchev–Trinajstić information content (AvgIpc) is 2.36. The molecule has 1 amide bonds. The molecule has 1 aromatic carbocycles. The summed E-state index contributed by atoms with van der Waals surface area (Å²) in [6.45, 7) is -0.335. The van der Waals surface area contributed by atoms with E-state index in [0.717, 1.165) is 0 Å². The van der Waals surface area contributed by atoms with Gasteiger partial charge in [0.2, 0.25) is 5.91 Å². The van der Waals surface area contributed by atoms with Crippen LogP contribution in [-0.2, 0) is 9.59 Å². The molecular formula is C11H11Cl2NO4S. The lowest BCUT2D eigenvalue weighted by Crippen LogP contribution is -2.37. The number of amides is 1. The Balaban J connectivity index is 2.42. The first kappa shape index (κ1) is 16.1. The highest BCUT2D eigenvalue weighted by Gasteiger charge is 2.14. The van der Waals surface area contributed by atoms with Gasteiger partial charge in [0.05, 0.1) is 17.3 Å². The summed E-state index contributed by atoms with van der Waals surface area (Å²) in [4.78, 5) is 22.4. The Bertz CT molecular complexity index is 484. The highest BCUT2D eigenvalue weighted by atomic mass is 35.5. The number of rotatable bonds is 6. The van der Waals surface area contributed by atoms with Crippen molar-refractivity contribution in [2.45, 2.75) is 11.0 Å². The molecule has 1 aromatic rings. The second-order valence-corrected chi connectivity index (χ2v) is 5.38. The van der Waals surface area contributed by atoms with Gasteiger partial charge >= 0.3 is 5.97 Å². The number of benzene rings is 1. The molecule has 0 aliphatic rings. The third kappa shape index (κ3) is 5.69. The molecule has 0 aliphatic carbocycles. The molecule has 1 unspecified atom stereocenters. The van der Waals surface area contributed by atoms with Crippen molar-refractivity contribution in [1.29, 1.82) is 0 Å². The molecule has 0 bridgehead atoms. The van der Waals surface area contributed by atoms with E-state index in [-0.39, 0.29) is 12.3 Å². The highest BCUT2D eigenvalue weighted by molar-refractivity contribution is 8.00. The molecule has 5 nitrogen and oxygen atoms in total. The lowest BCUT2D eigenvalue weighted by Gasteiger charge is -2.08. The maximum Gasteiger partial charge on any atom is 0.334 e. The summed E-state index contributed by atoms with van der Waals surface area (Å²) in [5.41, 5.74) is 0. The average molecular weight is 324 g/mol. The number of thioether (sulfide) groups is 1. The third-order valence-corrected chi connectivity index (χ3v) is 3.76. The van der Waals surface area contributed by atoms with Gasteiger partial charge in [0, 0.05) is 9.92 Å². The zero-order valence-corrected chi connectivity index (χ0v) is 11.9. The molecule has 3 N–H and O–H groups in total. The van der Waals surface area contributed by atoms with E-state index in [9.17, 15) is 9.59 Å². The Morgan fingerprint density at radius 2 is 2.05 bits per heavy atom. The predicted molar refractivity (Wildman–Crippen MR) is 73.8 cm³/mol. The van der Waals surface area contributed by atoms with Gasteiger partial charge in [-0.3, -0.25) is 4.79 Å². The van der Waals surface area contributed by atoms with Crippen molar-refractivity contribution < 1.29 is 19.8 Å². The Morgan fingerprint density at radius 1 is 1.37 bits per heavy atom. The SMILES string of the molecule is O=C(CSc1cc(Cl)ccc1Cl)NCC(O)C(=O)O. The third-order valence-electron chi connectivity index (χ3n) is 2.03. The van der Waals surface area contributed by atoms with Crippen molar-refractivity contribution in [3.05, 3.63) is 28.2 Å². The molecule has 1 atom stereocenters. The number of carbonyl (C=O) groups excluding carboxylic acids is 1. The van der Waals surface area contributed by atoms with Crippen LogP contribution in [0.3, 0.4) is 0 Å². The molecule has 0 aliphatic heterocycles. The largest absolute Gasteiger partial charge is 0.479 e. The van der Waals surface area contributed by atoms with Crippen molar-refractivity contribution >= 4 is 46.8 Å². The van der Waals surface area contributed by atoms with Crippen LogP contribution in [0.1, 0.15) is 0 Å². The van der Waals surface area contributed by atoms with Crippen molar-refractivity contribution in [2.75, 3.05) is 12.3 Å². The van der Waals surface area contributed by atoms with E-state index in [1.54, 1.807) is 18.2 Å². The summed E-state index contributed by atoms with van der Waals surface area (Å²) in [6, 6.07) is 4.89. The van der Waals surface area contributed by atoms with Gasteiger partial charge in [-0.05, 0) is 18.2 Å². The number of aliphatic carboxylic acids is 1. The molecule has 0 spiro atoms. The standard InChI is InChI=1S/C11H11Cl2NO4S/c12-6-1-2-7(13)9(3-6)19-5-10(16)14-4-8(15)11(17)18/h1-3,8,15H,4-5H2,(H,14,16)(H,17,18). The maximum atomic E-state index is 11.4. The van der Waals surface area contributed by atoms with E-state index in [1.165, 1.54) is 11.8 Å². The van der Waals surface area contributed by atoms with Crippen LogP contribution >= 0.6 is 35.0 Å². The van der Waals surface area contributed by atoms with Gasteiger partial charge in [-0.15, -0.1) is 11.8 Å². The molecule has 0 heterocycles. The van der Waals surface area contributed by atoms with Crippen LogP contribution in [0.2, 0.25) is 10.0 Å². The van der Waals surface area contributed by atoms with E-state index in [1.807, 2.05) is 0 Å². The van der Waals surface area contributed by atoms with E-state index in [0.29, 0.717) is 14.9 Å². The summed E-state index contributed by atoms with van der Waals surface area (Å²) in [5, 5.41) is 20.7. The highest BCUT2D eigenvalue weighted by Crippen LogP contribution is 2.29. The Hall–Kier alpha value is -0.950. The van der Waals surface area contributed by atoms with Gasteiger partial charge in [0.25, 0.3) is 0 Å². The molecule has 1 rings (SSSR count). The first-order chi connectivity index (χ1) is 8.90. The zero-order chi connectivity index (χ0) is 14.4. The number of hydrogen-bond acceptors (Lipinski definition) is 4. The molecule has 0 radical (unpaired) electrons. The van der Waals surface area contributed by atoms with Crippen molar-refractivity contribution in [2.24, 2.45) is 0 Å². The van der Waals surface area contributed by atoms with Crippen LogP contribution in [-0.4, -0.2) is 40.5 Å². The predicted octanol–water partition coefficient (Wildman–Crippen LogP) is 1.65. The number of halogens is 2. The lowest BCUT2D eigenvalue weighted by molar-refractivity contribution is -0.146. The molecule has 8 heteroatoms. The minimum atomic E-state index is -1.61. The number of aliphatic hydroxyl groups is 1. The normalized spacial score (nSPS) is 11.9.